The second-order valence-electron chi connectivity index (χ2n) is 5.67. The van der Waals surface area contributed by atoms with Crippen LogP contribution in [0.25, 0.3) is 0 Å². The van der Waals surface area contributed by atoms with Crippen LogP contribution in [0, 0.1) is 15.9 Å². The molecule has 138 valence electrons. The highest BCUT2D eigenvalue weighted by Crippen LogP contribution is 2.48. The second kappa shape index (κ2) is 8.64. The smallest absolute Gasteiger partial charge is 0.272 e. The summed E-state index contributed by atoms with van der Waals surface area (Å²) in [5.74, 6) is 2.01. The highest BCUT2D eigenvalue weighted by atomic mass is 32.2. The van der Waals surface area contributed by atoms with E-state index in [-0.39, 0.29) is 22.6 Å². The van der Waals surface area contributed by atoms with E-state index in [2.05, 4.69) is 0 Å². The van der Waals surface area contributed by atoms with Gasteiger partial charge in [0, 0.05) is 11.6 Å². The lowest BCUT2D eigenvalue weighted by Crippen LogP contribution is -2.07. The number of nitro benzene ring substituents is 1. The van der Waals surface area contributed by atoms with Crippen molar-refractivity contribution in [3.63, 3.8) is 0 Å². The summed E-state index contributed by atoms with van der Waals surface area (Å²) in [7, 11) is 1.59. The molecule has 0 aliphatic carbocycles. The van der Waals surface area contributed by atoms with Crippen LogP contribution in [0.4, 0.5) is 10.1 Å². The highest BCUT2D eigenvalue weighted by Gasteiger charge is 2.26. The number of nitro groups is 1. The van der Waals surface area contributed by atoms with Gasteiger partial charge in [0.2, 0.25) is 0 Å². The number of non-ortho nitro benzene ring substituents is 1. The van der Waals surface area contributed by atoms with Gasteiger partial charge >= 0.3 is 0 Å². The molecular formula is C18H18FNO4S2. The first-order valence-corrected chi connectivity index (χ1v) is 10.1. The van der Waals surface area contributed by atoms with Crippen LogP contribution in [0.15, 0.2) is 36.4 Å². The van der Waals surface area contributed by atoms with Gasteiger partial charge in [-0.25, -0.2) is 4.39 Å². The highest BCUT2D eigenvalue weighted by molar-refractivity contribution is 8.16. The molecule has 1 saturated heterocycles. The van der Waals surface area contributed by atoms with Crippen LogP contribution in [0.2, 0.25) is 0 Å². The van der Waals surface area contributed by atoms with Gasteiger partial charge in [0.15, 0.2) is 11.6 Å². The lowest BCUT2D eigenvalue weighted by molar-refractivity contribution is -0.385. The summed E-state index contributed by atoms with van der Waals surface area (Å²) in [6.45, 7) is 0.174. The molecule has 0 aromatic heterocycles. The fourth-order valence-electron chi connectivity index (χ4n) is 2.58. The number of hydrogen-bond donors (Lipinski definition) is 0. The van der Waals surface area contributed by atoms with Gasteiger partial charge in [0.05, 0.1) is 22.7 Å². The van der Waals surface area contributed by atoms with Crippen LogP contribution in [0.3, 0.4) is 0 Å². The Labute approximate surface area is 159 Å². The Morgan fingerprint density at radius 1 is 1.23 bits per heavy atom. The SMILES string of the molecule is COc1ccc(COc2c(F)cc([N+](=O)[O-])cc2C2SCCCS2)cc1. The van der Waals surface area contributed by atoms with Crippen molar-refractivity contribution in [3.8, 4) is 11.5 Å². The van der Waals surface area contributed by atoms with Crippen LogP contribution >= 0.6 is 23.5 Å². The molecule has 8 heteroatoms. The molecule has 2 aromatic carbocycles. The third kappa shape index (κ3) is 4.42. The Morgan fingerprint density at radius 3 is 2.54 bits per heavy atom. The van der Waals surface area contributed by atoms with E-state index in [1.54, 1.807) is 42.8 Å². The molecule has 0 radical (unpaired) electrons. The van der Waals surface area contributed by atoms with E-state index in [0.29, 0.717) is 5.56 Å². The largest absolute Gasteiger partial charge is 0.497 e. The van der Waals surface area contributed by atoms with Gasteiger partial charge in [-0.1, -0.05) is 12.1 Å². The maximum absolute atomic E-state index is 14.6. The lowest BCUT2D eigenvalue weighted by atomic mass is 10.2. The predicted molar refractivity (Wildman–Crippen MR) is 103 cm³/mol. The molecule has 0 N–H and O–H groups in total. The third-order valence-corrected chi connectivity index (χ3v) is 6.87. The number of benzene rings is 2. The van der Waals surface area contributed by atoms with Crippen molar-refractivity contribution in [1.82, 2.24) is 0 Å². The number of halogens is 1. The van der Waals surface area contributed by atoms with Gasteiger partial charge in [-0.15, -0.1) is 23.5 Å². The quantitative estimate of drug-likeness (QED) is 0.495. The normalized spacial score (nSPS) is 14.8. The van der Waals surface area contributed by atoms with Gasteiger partial charge in [-0.2, -0.15) is 0 Å². The van der Waals surface area contributed by atoms with Gasteiger partial charge in [-0.3, -0.25) is 10.1 Å². The van der Waals surface area contributed by atoms with Crippen molar-refractivity contribution in [2.24, 2.45) is 0 Å². The van der Waals surface area contributed by atoms with Crippen molar-refractivity contribution in [2.75, 3.05) is 18.6 Å². The number of thioether (sulfide) groups is 2. The van der Waals surface area contributed by atoms with Crippen molar-refractivity contribution in [1.29, 1.82) is 0 Å². The van der Waals surface area contributed by atoms with Crippen molar-refractivity contribution < 1.29 is 18.8 Å². The second-order valence-corrected chi connectivity index (χ2v) is 8.39. The topological polar surface area (TPSA) is 61.6 Å². The molecule has 2 aromatic rings. The van der Waals surface area contributed by atoms with Crippen LogP contribution in [0.1, 0.15) is 22.1 Å². The number of nitrogens with zero attached hydrogens (tertiary/aromatic N) is 1. The Morgan fingerprint density at radius 2 is 1.92 bits per heavy atom. The minimum Gasteiger partial charge on any atom is -0.497 e. The van der Waals surface area contributed by atoms with E-state index in [1.807, 2.05) is 12.1 Å². The summed E-state index contributed by atoms with van der Waals surface area (Å²) in [5, 5.41) is 11.1. The van der Waals surface area contributed by atoms with Gasteiger partial charge in [-0.05, 0) is 35.6 Å². The number of rotatable bonds is 6. The summed E-state index contributed by atoms with van der Waals surface area (Å²) >= 11 is 3.33. The summed E-state index contributed by atoms with van der Waals surface area (Å²) < 4.78 is 25.4. The van der Waals surface area contributed by atoms with Crippen molar-refractivity contribution >= 4 is 29.2 Å². The van der Waals surface area contributed by atoms with E-state index in [0.717, 1.165) is 35.3 Å². The maximum Gasteiger partial charge on any atom is 0.272 e. The van der Waals surface area contributed by atoms with Crippen molar-refractivity contribution in [2.45, 2.75) is 17.6 Å². The summed E-state index contributed by atoms with van der Waals surface area (Å²) in [6.07, 6.45) is 1.07. The first-order valence-electron chi connectivity index (χ1n) is 8.05. The molecule has 0 saturated carbocycles. The van der Waals surface area contributed by atoms with E-state index in [1.165, 1.54) is 6.07 Å². The molecule has 0 unspecified atom stereocenters. The standard InChI is InChI=1S/C18H18FNO4S2/c1-23-14-5-3-12(4-6-14)11-24-17-15(18-25-7-2-8-26-18)9-13(20(21)22)10-16(17)19/h3-6,9-10,18H,2,7-8,11H2,1H3. The fraction of sp³-hybridized carbons (Fsp3) is 0.333. The first kappa shape index (κ1) is 18.8. The Balaban J connectivity index is 1.86. The molecule has 3 rings (SSSR count). The monoisotopic (exact) mass is 395 g/mol. The number of ether oxygens (including phenoxy) is 2. The van der Waals surface area contributed by atoms with E-state index < -0.39 is 10.7 Å². The maximum atomic E-state index is 14.6. The summed E-state index contributed by atoms with van der Waals surface area (Å²) in [6, 6.07) is 9.64. The average molecular weight is 395 g/mol. The lowest BCUT2D eigenvalue weighted by Gasteiger charge is -2.23. The third-order valence-electron chi connectivity index (χ3n) is 3.89. The zero-order chi connectivity index (χ0) is 18.5. The summed E-state index contributed by atoms with van der Waals surface area (Å²) in [5.41, 5.74) is 1.15. The van der Waals surface area contributed by atoms with Gasteiger partial charge < -0.3 is 9.47 Å². The van der Waals surface area contributed by atoms with Crippen LogP contribution < -0.4 is 9.47 Å². The molecule has 1 heterocycles. The van der Waals surface area contributed by atoms with Crippen molar-refractivity contribution in [3.05, 3.63) is 63.5 Å². The Kier molecular flexibility index (Phi) is 6.26. The Bertz CT molecular complexity index is 780. The van der Waals surface area contributed by atoms with Gasteiger partial charge in [0.25, 0.3) is 5.69 Å². The predicted octanol–water partition coefficient (Wildman–Crippen LogP) is 5.19. The van der Waals surface area contributed by atoms with Crippen LogP contribution in [0.5, 0.6) is 11.5 Å². The Hall–Kier alpha value is -1.93. The minimum atomic E-state index is -0.700. The fourth-order valence-corrected chi connectivity index (χ4v) is 5.48. The molecule has 1 fully saturated rings. The van der Waals surface area contributed by atoms with E-state index >= 15 is 0 Å². The zero-order valence-corrected chi connectivity index (χ0v) is 15.8. The molecule has 5 nitrogen and oxygen atoms in total. The van der Waals surface area contributed by atoms with Crippen LogP contribution in [-0.4, -0.2) is 23.5 Å². The molecule has 1 aliphatic heterocycles. The van der Waals surface area contributed by atoms with E-state index in [4.69, 9.17) is 9.47 Å². The molecular weight excluding hydrogens is 377 g/mol. The number of methoxy groups -OCH3 is 1. The molecule has 0 atom stereocenters. The molecule has 0 amide bonds. The van der Waals surface area contributed by atoms with Gasteiger partial charge in [0.1, 0.15) is 12.4 Å². The molecule has 0 bridgehead atoms. The minimum absolute atomic E-state index is 0.0657. The number of hydrogen-bond acceptors (Lipinski definition) is 6. The van der Waals surface area contributed by atoms with Crippen LogP contribution in [-0.2, 0) is 6.61 Å². The summed E-state index contributed by atoms with van der Waals surface area (Å²) in [4.78, 5) is 10.5. The molecule has 26 heavy (non-hydrogen) atoms. The molecule has 1 aliphatic rings. The average Bonchev–Trinajstić information content (AvgIpc) is 2.67. The first-order chi connectivity index (χ1) is 12.6. The zero-order valence-electron chi connectivity index (χ0n) is 14.1. The molecule has 0 spiro atoms. The van der Waals surface area contributed by atoms with E-state index in [9.17, 15) is 14.5 Å².